The minimum absolute atomic E-state index is 0.153. The zero-order valence-corrected chi connectivity index (χ0v) is 7.18. The molecule has 0 bridgehead atoms. The molecule has 0 amide bonds. The SMILES string of the molecule is O=COC[C@H]1O[C@H](O)[C@H](O)[C@@H](O)[C@H]1O. The molecule has 1 aliphatic heterocycles. The number of carbonyl (C=O) groups is 1. The van der Waals surface area contributed by atoms with E-state index in [0.717, 1.165) is 0 Å². The van der Waals surface area contributed by atoms with Gasteiger partial charge in [0.25, 0.3) is 6.47 Å². The molecule has 1 rings (SSSR count). The van der Waals surface area contributed by atoms with Crippen molar-refractivity contribution in [2.45, 2.75) is 30.7 Å². The third-order valence-corrected chi connectivity index (χ3v) is 2.02. The van der Waals surface area contributed by atoms with Gasteiger partial charge in [-0.05, 0) is 0 Å². The molecule has 5 atom stereocenters. The van der Waals surface area contributed by atoms with Crippen LogP contribution in [0.5, 0.6) is 0 Å². The van der Waals surface area contributed by atoms with Crippen LogP contribution in [0.3, 0.4) is 0 Å². The Kier molecular flexibility index (Phi) is 3.78. The predicted octanol–water partition coefficient (Wildman–Crippen LogP) is -3.04. The van der Waals surface area contributed by atoms with Gasteiger partial charge in [0.15, 0.2) is 6.29 Å². The van der Waals surface area contributed by atoms with E-state index in [4.69, 9.17) is 14.9 Å². The fourth-order valence-electron chi connectivity index (χ4n) is 1.20. The number of rotatable bonds is 3. The second kappa shape index (κ2) is 4.67. The smallest absolute Gasteiger partial charge is 0.293 e. The molecular formula is C7H12O7. The van der Waals surface area contributed by atoms with Gasteiger partial charge >= 0.3 is 0 Å². The Labute approximate surface area is 79.5 Å². The third-order valence-electron chi connectivity index (χ3n) is 2.02. The van der Waals surface area contributed by atoms with Gasteiger partial charge in [-0.3, -0.25) is 4.79 Å². The Balaban J connectivity index is 2.55. The Hall–Kier alpha value is -0.730. The summed E-state index contributed by atoms with van der Waals surface area (Å²) in [6, 6.07) is 0. The van der Waals surface area contributed by atoms with Crippen LogP contribution in [0.4, 0.5) is 0 Å². The van der Waals surface area contributed by atoms with Crippen molar-refractivity contribution in [2.75, 3.05) is 6.61 Å². The average molecular weight is 208 g/mol. The molecule has 7 nitrogen and oxygen atoms in total. The summed E-state index contributed by atoms with van der Waals surface area (Å²) in [4.78, 5) is 9.85. The summed E-state index contributed by atoms with van der Waals surface area (Å²) in [5.41, 5.74) is 0. The molecule has 0 aromatic heterocycles. The lowest BCUT2D eigenvalue weighted by molar-refractivity contribution is -0.286. The minimum atomic E-state index is -1.60. The first-order valence-electron chi connectivity index (χ1n) is 4.01. The Morgan fingerprint density at radius 3 is 2.36 bits per heavy atom. The monoisotopic (exact) mass is 208 g/mol. The van der Waals surface area contributed by atoms with Crippen LogP contribution in [0.1, 0.15) is 0 Å². The van der Waals surface area contributed by atoms with E-state index in [2.05, 4.69) is 4.74 Å². The van der Waals surface area contributed by atoms with E-state index in [1.165, 1.54) is 0 Å². The van der Waals surface area contributed by atoms with E-state index in [0.29, 0.717) is 0 Å². The molecule has 1 saturated heterocycles. The second-order valence-electron chi connectivity index (χ2n) is 2.97. The van der Waals surface area contributed by atoms with Crippen molar-refractivity contribution in [3.8, 4) is 0 Å². The first-order chi connectivity index (χ1) is 6.57. The molecular weight excluding hydrogens is 196 g/mol. The molecule has 1 heterocycles. The van der Waals surface area contributed by atoms with E-state index in [9.17, 15) is 15.0 Å². The number of carbonyl (C=O) groups excluding carboxylic acids is 1. The van der Waals surface area contributed by atoms with Gasteiger partial charge in [0, 0.05) is 0 Å². The largest absolute Gasteiger partial charge is 0.465 e. The second-order valence-corrected chi connectivity index (χ2v) is 2.97. The van der Waals surface area contributed by atoms with Crippen LogP contribution in [0, 0.1) is 0 Å². The van der Waals surface area contributed by atoms with Gasteiger partial charge in [-0.2, -0.15) is 0 Å². The summed E-state index contributed by atoms with van der Waals surface area (Å²) in [5, 5.41) is 36.6. The van der Waals surface area contributed by atoms with Gasteiger partial charge in [-0.1, -0.05) is 0 Å². The van der Waals surface area contributed by atoms with Crippen LogP contribution >= 0.6 is 0 Å². The Morgan fingerprint density at radius 1 is 1.14 bits per heavy atom. The zero-order chi connectivity index (χ0) is 10.7. The van der Waals surface area contributed by atoms with Crippen LogP contribution in [-0.2, 0) is 14.3 Å². The molecule has 0 aliphatic carbocycles. The topological polar surface area (TPSA) is 116 Å². The standard InChI is InChI=1S/C7H12O7/c8-2-13-1-3-4(9)5(10)6(11)7(12)14-3/h2-7,9-12H,1H2/t3-,4+,5+,6-,7+/m1/s1. The van der Waals surface area contributed by atoms with Crippen molar-refractivity contribution in [3.63, 3.8) is 0 Å². The fourth-order valence-corrected chi connectivity index (χ4v) is 1.20. The maximum atomic E-state index is 9.85. The van der Waals surface area contributed by atoms with Gasteiger partial charge < -0.3 is 29.9 Å². The maximum Gasteiger partial charge on any atom is 0.293 e. The van der Waals surface area contributed by atoms with E-state index < -0.39 is 30.7 Å². The van der Waals surface area contributed by atoms with Crippen LogP contribution < -0.4 is 0 Å². The molecule has 7 heteroatoms. The number of aliphatic hydroxyl groups excluding tert-OH is 4. The number of aliphatic hydroxyl groups is 4. The van der Waals surface area contributed by atoms with Crippen molar-refractivity contribution in [3.05, 3.63) is 0 Å². The highest BCUT2D eigenvalue weighted by molar-refractivity contribution is 5.36. The summed E-state index contributed by atoms with van der Waals surface area (Å²) >= 11 is 0. The number of hydrogen-bond donors (Lipinski definition) is 4. The first kappa shape index (κ1) is 11.3. The van der Waals surface area contributed by atoms with Gasteiger partial charge in [0.1, 0.15) is 31.0 Å². The van der Waals surface area contributed by atoms with Crippen molar-refractivity contribution < 1.29 is 34.7 Å². The number of ether oxygens (including phenoxy) is 2. The lowest BCUT2D eigenvalue weighted by Gasteiger charge is -2.37. The van der Waals surface area contributed by atoms with Crippen molar-refractivity contribution in [1.29, 1.82) is 0 Å². The molecule has 14 heavy (non-hydrogen) atoms. The van der Waals surface area contributed by atoms with Gasteiger partial charge in [0.05, 0.1) is 0 Å². The van der Waals surface area contributed by atoms with Gasteiger partial charge in [-0.15, -0.1) is 0 Å². The zero-order valence-electron chi connectivity index (χ0n) is 7.18. The summed E-state index contributed by atoms with van der Waals surface area (Å²) < 4.78 is 9.00. The predicted molar refractivity (Wildman–Crippen MR) is 40.9 cm³/mol. The normalized spacial score (nSPS) is 43.3. The summed E-state index contributed by atoms with van der Waals surface area (Å²) in [7, 11) is 0. The van der Waals surface area contributed by atoms with Crippen molar-refractivity contribution in [1.82, 2.24) is 0 Å². The van der Waals surface area contributed by atoms with Crippen molar-refractivity contribution >= 4 is 6.47 Å². The van der Waals surface area contributed by atoms with Gasteiger partial charge in [0.2, 0.25) is 0 Å². The molecule has 0 spiro atoms. The molecule has 1 fully saturated rings. The third kappa shape index (κ3) is 2.20. The van der Waals surface area contributed by atoms with Crippen LogP contribution in [0.15, 0.2) is 0 Å². The molecule has 82 valence electrons. The van der Waals surface area contributed by atoms with Crippen LogP contribution in [0.2, 0.25) is 0 Å². The molecule has 0 aromatic carbocycles. The maximum absolute atomic E-state index is 9.85. The fraction of sp³-hybridized carbons (Fsp3) is 0.857. The van der Waals surface area contributed by atoms with E-state index >= 15 is 0 Å². The van der Waals surface area contributed by atoms with Crippen LogP contribution in [0.25, 0.3) is 0 Å². The quantitative estimate of drug-likeness (QED) is 0.364. The Morgan fingerprint density at radius 2 is 1.79 bits per heavy atom. The highest BCUT2D eigenvalue weighted by Gasteiger charge is 2.43. The summed E-state index contributed by atoms with van der Waals surface area (Å²) in [6.45, 7) is -0.147. The first-order valence-corrected chi connectivity index (χ1v) is 4.01. The highest BCUT2D eigenvalue weighted by atomic mass is 16.6. The lowest BCUT2D eigenvalue weighted by atomic mass is 9.99. The summed E-state index contributed by atoms with van der Waals surface area (Å²) in [5.74, 6) is 0. The highest BCUT2D eigenvalue weighted by Crippen LogP contribution is 2.19. The minimum Gasteiger partial charge on any atom is -0.465 e. The van der Waals surface area contributed by atoms with Gasteiger partial charge in [-0.25, -0.2) is 0 Å². The lowest BCUT2D eigenvalue weighted by Crippen LogP contribution is -2.58. The van der Waals surface area contributed by atoms with E-state index in [-0.39, 0.29) is 13.1 Å². The molecule has 0 unspecified atom stereocenters. The van der Waals surface area contributed by atoms with E-state index in [1.807, 2.05) is 0 Å². The molecule has 0 aromatic rings. The number of hydrogen-bond acceptors (Lipinski definition) is 7. The van der Waals surface area contributed by atoms with Crippen LogP contribution in [-0.4, -0.2) is 64.2 Å². The van der Waals surface area contributed by atoms with Crippen molar-refractivity contribution in [2.24, 2.45) is 0 Å². The molecule has 4 N–H and O–H groups in total. The Bertz CT molecular complexity index is 196. The van der Waals surface area contributed by atoms with E-state index in [1.54, 1.807) is 0 Å². The molecule has 0 radical (unpaired) electrons. The molecule has 0 saturated carbocycles. The summed E-state index contributed by atoms with van der Waals surface area (Å²) in [6.07, 6.45) is -7.16. The molecule has 1 aliphatic rings. The average Bonchev–Trinajstić information content (AvgIpc) is 2.18.